The Morgan fingerprint density at radius 2 is 2.31 bits per heavy atom. The van der Waals surface area contributed by atoms with Crippen LogP contribution in [0, 0.1) is 0 Å². The van der Waals surface area contributed by atoms with E-state index in [0.717, 1.165) is 11.1 Å². The number of hydrogen-bond acceptors (Lipinski definition) is 3. The van der Waals surface area contributed by atoms with E-state index in [0.29, 0.717) is 10.7 Å². The number of halogens is 1. The molecular weight excluding hydrogens is 186 g/mol. The molecule has 0 fully saturated rings. The van der Waals surface area contributed by atoms with Gasteiger partial charge in [-0.1, -0.05) is 24.3 Å². The highest BCUT2D eigenvalue weighted by Crippen LogP contribution is 2.18. The Morgan fingerprint density at radius 3 is 3.08 bits per heavy atom. The van der Waals surface area contributed by atoms with Gasteiger partial charge in [-0.05, 0) is 6.07 Å². The van der Waals surface area contributed by atoms with Gasteiger partial charge in [0.2, 0.25) is 0 Å². The minimum absolute atomic E-state index is 0.428. The lowest BCUT2D eigenvalue weighted by molar-refractivity contribution is 1.19. The molecule has 0 atom stereocenters. The van der Waals surface area contributed by atoms with Crippen molar-refractivity contribution >= 4 is 28.7 Å². The number of nitrogens with zero attached hydrogens (tertiary/aromatic N) is 3. The van der Waals surface area contributed by atoms with Crippen LogP contribution >= 0.6 is 11.6 Å². The maximum atomic E-state index is 5.79. The largest absolute Gasteiger partial charge is 0.243 e. The van der Waals surface area contributed by atoms with Crippen LogP contribution < -0.4 is 0 Å². The zero-order chi connectivity index (χ0) is 9.26. The van der Waals surface area contributed by atoms with Crippen molar-refractivity contribution in [1.82, 2.24) is 15.0 Å². The molecule has 2 heterocycles. The number of rotatable bonds is 1. The van der Waals surface area contributed by atoms with Crippen LogP contribution in [-0.4, -0.2) is 15.0 Å². The lowest BCUT2D eigenvalue weighted by Gasteiger charge is -1.99. The van der Waals surface area contributed by atoms with Gasteiger partial charge in [0.15, 0.2) is 0 Å². The van der Waals surface area contributed by atoms with Crippen molar-refractivity contribution < 1.29 is 0 Å². The molecule has 0 bridgehead atoms. The third kappa shape index (κ3) is 1.38. The molecule has 0 aromatic carbocycles. The van der Waals surface area contributed by atoms with Crippen molar-refractivity contribution in [2.24, 2.45) is 0 Å². The lowest BCUT2D eigenvalue weighted by atomic mass is 10.2. The average Bonchev–Trinajstić information content (AvgIpc) is 2.16. The summed E-state index contributed by atoms with van der Waals surface area (Å²) in [4.78, 5) is 12.0. The Balaban J connectivity index is 2.89. The fourth-order valence-electron chi connectivity index (χ4n) is 1.13. The first-order chi connectivity index (χ1) is 6.31. The lowest BCUT2D eigenvalue weighted by Crippen LogP contribution is -1.88. The van der Waals surface area contributed by atoms with Crippen molar-refractivity contribution in [3.8, 4) is 0 Å². The summed E-state index contributed by atoms with van der Waals surface area (Å²) in [5.41, 5.74) is 2.33. The first-order valence-corrected chi connectivity index (χ1v) is 4.08. The predicted molar refractivity (Wildman–Crippen MR) is 52.4 cm³/mol. The summed E-state index contributed by atoms with van der Waals surface area (Å²) in [7, 11) is 0. The highest BCUT2D eigenvalue weighted by Gasteiger charge is 2.02. The molecule has 13 heavy (non-hydrogen) atoms. The molecule has 2 rings (SSSR count). The van der Waals surface area contributed by atoms with Crippen LogP contribution in [0.2, 0.25) is 5.15 Å². The molecule has 0 radical (unpaired) electrons. The summed E-state index contributed by atoms with van der Waals surface area (Å²) < 4.78 is 0. The summed E-state index contributed by atoms with van der Waals surface area (Å²) >= 11 is 5.79. The standard InChI is InChI=1S/C9H6ClN3/c1-2-6-3-8(10)13-7-4-11-5-12-9(6)7/h2-5H,1H2. The van der Waals surface area contributed by atoms with Crippen LogP contribution in [0.3, 0.4) is 0 Å². The summed E-state index contributed by atoms with van der Waals surface area (Å²) in [5, 5.41) is 0.428. The summed E-state index contributed by atoms with van der Waals surface area (Å²) in [6, 6.07) is 1.73. The first kappa shape index (κ1) is 8.13. The van der Waals surface area contributed by atoms with Gasteiger partial charge in [-0.25, -0.2) is 15.0 Å². The van der Waals surface area contributed by atoms with Gasteiger partial charge in [-0.3, -0.25) is 0 Å². The molecule has 0 amide bonds. The molecule has 0 saturated carbocycles. The van der Waals surface area contributed by atoms with E-state index in [1.807, 2.05) is 0 Å². The molecule has 4 heteroatoms. The number of pyridine rings is 1. The Hall–Kier alpha value is -1.48. The molecule has 2 aromatic heterocycles. The second-order valence-electron chi connectivity index (χ2n) is 2.49. The van der Waals surface area contributed by atoms with Crippen molar-refractivity contribution in [2.45, 2.75) is 0 Å². The summed E-state index contributed by atoms with van der Waals surface area (Å²) in [6.45, 7) is 3.68. The van der Waals surface area contributed by atoms with Gasteiger partial charge >= 0.3 is 0 Å². The third-order valence-electron chi connectivity index (χ3n) is 1.69. The highest BCUT2D eigenvalue weighted by atomic mass is 35.5. The topological polar surface area (TPSA) is 38.7 Å². The van der Waals surface area contributed by atoms with Crippen molar-refractivity contribution in [3.63, 3.8) is 0 Å². The normalized spacial score (nSPS) is 10.2. The van der Waals surface area contributed by atoms with Crippen LogP contribution in [0.5, 0.6) is 0 Å². The number of hydrogen-bond donors (Lipinski definition) is 0. The predicted octanol–water partition coefficient (Wildman–Crippen LogP) is 2.32. The second kappa shape index (κ2) is 3.11. The fourth-order valence-corrected chi connectivity index (χ4v) is 1.33. The Labute approximate surface area is 80.1 Å². The van der Waals surface area contributed by atoms with Crippen LogP contribution in [0.15, 0.2) is 25.2 Å². The molecule has 3 nitrogen and oxygen atoms in total. The summed E-state index contributed by atoms with van der Waals surface area (Å²) in [6.07, 6.45) is 4.80. The van der Waals surface area contributed by atoms with Crippen molar-refractivity contribution in [1.29, 1.82) is 0 Å². The van der Waals surface area contributed by atoms with E-state index in [4.69, 9.17) is 11.6 Å². The van der Waals surface area contributed by atoms with Crippen LogP contribution in [0.4, 0.5) is 0 Å². The van der Waals surface area contributed by atoms with Gasteiger partial charge in [0.05, 0.1) is 11.7 Å². The molecule has 0 aliphatic carbocycles. The van der Waals surface area contributed by atoms with Gasteiger partial charge in [0, 0.05) is 5.56 Å². The molecule has 0 unspecified atom stereocenters. The maximum absolute atomic E-state index is 5.79. The van der Waals surface area contributed by atoms with Crippen LogP contribution in [0.25, 0.3) is 17.1 Å². The molecule has 0 spiro atoms. The number of fused-ring (bicyclic) bond motifs is 1. The Morgan fingerprint density at radius 1 is 1.46 bits per heavy atom. The fraction of sp³-hybridized carbons (Fsp3) is 0. The first-order valence-electron chi connectivity index (χ1n) is 3.70. The van der Waals surface area contributed by atoms with E-state index >= 15 is 0 Å². The van der Waals surface area contributed by atoms with E-state index < -0.39 is 0 Å². The highest BCUT2D eigenvalue weighted by molar-refractivity contribution is 6.30. The maximum Gasteiger partial charge on any atom is 0.130 e. The second-order valence-corrected chi connectivity index (χ2v) is 2.88. The summed E-state index contributed by atoms with van der Waals surface area (Å²) in [5.74, 6) is 0. The van der Waals surface area contributed by atoms with Gasteiger partial charge in [-0.2, -0.15) is 0 Å². The molecule has 64 valence electrons. The SMILES string of the molecule is C=Cc1cc(Cl)nc2cncnc12. The van der Waals surface area contributed by atoms with Crippen molar-refractivity contribution in [3.05, 3.63) is 35.9 Å². The van der Waals surface area contributed by atoms with E-state index in [9.17, 15) is 0 Å². The Kier molecular flexibility index (Phi) is 1.94. The van der Waals surface area contributed by atoms with E-state index in [-0.39, 0.29) is 0 Å². The quantitative estimate of drug-likeness (QED) is 0.650. The molecule has 0 N–H and O–H groups in total. The van der Waals surface area contributed by atoms with Gasteiger partial charge < -0.3 is 0 Å². The van der Waals surface area contributed by atoms with Crippen molar-refractivity contribution in [2.75, 3.05) is 0 Å². The third-order valence-corrected chi connectivity index (χ3v) is 1.88. The van der Waals surface area contributed by atoms with E-state index in [2.05, 4.69) is 21.5 Å². The average molecular weight is 192 g/mol. The van der Waals surface area contributed by atoms with Crippen LogP contribution in [-0.2, 0) is 0 Å². The zero-order valence-electron chi connectivity index (χ0n) is 6.74. The Bertz CT molecular complexity index is 467. The minimum Gasteiger partial charge on any atom is -0.243 e. The van der Waals surface area contributed by atoms with Gasteiger partial charge in [0.1, 0.15) is 17.0 Å². The van der Waals surface area contributed by atoms with Gasteiger partial charge in [-0.15, -0.1) is 0 Å². The van der Waals surface area contributed by atoms with E-state index in [1.54, 1.807) is 18.3 Å². The molecule has 0 aliphatic rings. The monoisotopic (exact) mass is 191 g/mol. The number of aromatic nitrogens is 3. The van der Waals surface area contributed by atoms with Gasteiger partial charge in [0.25, 0.3) is 0 Å². The minimum atomic E-state index is 0.428. The molecular formula is C9H6ClN3. The molecule has 0 aliphatic heterocycles. The molecule has 2 aromatic rings. The van der Waals surface area contributed by atoms with E-state index in [1.165, 1.54) is 6.33 Å². The zero-order valence-corrected chi connectivity index (χ0v) is 7.49. The smallest absolute Gasteiger partial charge is 0.130 e. The molecule has 0 saturated heterocycles. The van der Waals surface area contributed by atoms with Crippen LogP contribution in [0.1, 0.15) is 5.56 Å².